The van der Waals surface area contributed by atoms with Crippen LogP contribution in [0, 0.1) is 5.82 Å². The molecular weight excluding hydrogens is 509 g/mol. The third-order valence-corrected chi connectivity index (χ3v) is 5.77. The van der Waals surface area contributed by atoms with Gasteiger partial charge in [-0.25, -0.2) is 19.2 Å². The Morgan fingerprint density at radius 1 is 1.18 bits per heavy atom. The van der Waals surface area contributed by atoms with Crippen molar-refractivity contribution in [3.8, 4) is 0 Å². The van der Waals surface area contributed by atoms with Crippen molar-refractivity contribution in [2.45, 2.75) is 39.0 Å². The smallest absolute Gasteiger partial charge is 0.410 e. The van der Waals surface area contributed by atoms with Gasteiger partial charge in [-0.3, -0.25) is 19.0 Å². The molecule has 0 saturated carbocycles. The molecule has 39 heavy (non-hydrogen) atoms. The second kappa shape index (κ2) is 12.8. The van der Waals surface area contributed by atoms with Crippen molar-refractivity contribution < 1.29 is 23.5 Å². The highest BCUT2D eigenvalue weighted by molar-refractivity contribution is 5.95. The van der Waals surface area contributed by atoms with E-state index in [1.54, 1.807) is 26.2 Å². The average molecular weight is 542 g/mol. The molecule has 0 bridgehead atoms. The molecule has 0 unspecified atom stereocenters. The number of likely N-dealkylation sites (N-methyl/N-ethyl adjacent to an activating group) is 1. The highest BCUT2D eigenvalue weighted by Crippen LogP contribution is 2.18. The normalized spacial score (nSPS) is 11.9. The summed E-state index contributed by atoms with van der Waals surface area (Å²) in [5.41, 5.74) is 0.528. The van der Waals surface area contributed by atoms with Crippen LogP contribution < -0.4 is 10.9 Å². The topological polar surface area (TPSA) is 132 Å². The number of fused-ring (bicyclic) bond motifs is 1. The van der Waals surface area contributed by atoms with Gasteiger partial charge in [0.15, 0.2) is 6.10 Å². The Hall–Kier alpha value is -4.55. The van der Waals surface area contributed by atoms with Crippen molar-refractivity contribution in [1.82, 2.24) is 28.9 Å². The van der Waals surface area contributed by atoms with E-state index in [4.69, 9.17) is 4.74 Å². The van der Waals surface area contributed by atoms with Gasteiger partial charge in [0.1, 0.15) is 17.3 Å². The molecule has 1 N–H and O–H groups in total. The van der Waals surface area contributed by atoms with Gasteiger partial charge in [0.05, 0.1) is 30.1 Å². The first-order valence-corrected chi connectivity index (χ1v) is 12.3. The number of benzene rings is 1. The molecule has 0 aliphatic rings. The van der Waals surface area contributed by atoms with Crippen LogP contribution in [0.3, 0.4) is 0 Å². The van der Waals surface area contributed by atoms with Gasteiger partial charge < -0.3 is 24.4 Å². The van der Waals surface area contributed by atoms with Gasteiger partial charge in [-0.1, -0.05) is 6.08 Å². The summed E-state index contributed by atoms with van der Waals surface area (Å²) in [7, 11) is 6.18. The van der Waals surface area contributed by atoms with E-state index in [0.717, 1.165) is 5.52 Å². The Kier molecular flexibility index (Phi) is 9.52. The number of anilines is 1. The molecule has 1 aromatic carbocycles. The van der Waals surface area contributed by atoms with Gasteiger partial charge in [-0.15, -0.1) is 0 Å². The third kappa shape index (κ3) is 7.27. The maximum absolute atomic E-state index is 13.7. The molecule has 2 aromatic heterocycles. The molecule has 1 atom stereocenters. The SMILES string of the molecule is CCn1c(Cn2cncc(NC(=O)[C@H](CC/C=C/C(=O)N(C)C)OC(=O)N(C)C)c2=O)nc2cc(F)ccc21. The Balaban J connectivity index is 1.80. The van der Waals surface area contributed by atoms with Crippen LogP contribution in [0.4, 0.5) is 14.9 Å². The van der Waals surface area contributed by atoms with E-state index < -0.39 is 29.5 Å². The van der Waals surface area contributed by atoms with Gasteiger partial charge in [-0.05, 0) is 38.0 Å². The van der Waals surface area contributed by atoms with Gasteiger partial charge in [0, 0.05) is 40.8 Å². The molecule has 0 radical (unpaired) electrons. The minimum atomic E-state index is -1.23. The van der Waals surface area contributed by atoms with Crippen molar-refractivity contribution in [3.63, 3.8) is 0 Å². The number of nitrogens with zero attached hydrogens (tertiary/aromatic N) is 6. The predicted octanol–water partition coefficient (Wildman–Crippen LogP) is 2.23. The quantitative estimate of drug-likeness (QED) is 0.390. The van der Waals surface area contributed by atoms with Gasteiger partial charge in [0.25, 0.3) is 11.5 Å². The molecule has 3 rings (SSSR count). The number of rotatable bonds is 10. The molecule has 13 heteroatoms. The number of aromatic nitrogens is 4. The number of amides is 3. The highest BCUT2D eigenvalue weighted by Gasteiger charge is 2.25. The lowest BCUT2D eigenvalue weighted by Crippen LogP contribution is -2.37. The number of ether oxygens (including phenoxy) is 1. The summed E-state index contributed by atoms with van der Waals surface area (Å²) in [6.07, 6.45) is 3.84. The fraction of sp³-hybridized carbons (Fsp3) is 0.385. The molecule has 3 amide bonds. The minimum Gasteiger partial charge on any atom is -0.436 e. The van der Waals surface area contributed by atoms with Crippen LogP contribution >= 0.6 is 0 Å². The zero-order valence-electron chi connectivity index (χ0n) is 22.5. The Labute approximate surface area is 224 Å². The summed E-state index contributed by atoms with van der Waals surface area (Å²) in [5, 5.41) is 2.50. The average Bonchev–Trinajstić information content (AvgIpc) is 3.23. The number of allylic oxidation sites excluding steroid dienone is 1. The summed E-state index contributed by atoms with van der Waals surface area (Å²) in [6.45, 7) is 2.49. The lowest BCUT2D eigenvalue weighted by Gasteiger charge is -2.19. The van der Waals surface area contributed by atoms with E-state index in [9.17, 15) is 23.6 Å². The molecule has 208 valence electrons. The first kappa shape index (κ1) is 29.0. The maximum atomic E-state index is 13.7. The van der Waals surface area contributed by atoms with Crippen molar-refractivity contribution in [1.29, 1.82) is 0 Å². The summed E-state index contributed by atoms with van der Waals surface area (Å²) < 4.78 is 22.1. The second-order valence-corrected chi connectivity index (χ2v) is 9.11. The molecule has 0 aliphatic heterocycles. The van der Waals surface area contributed by atoms with Gasteiger partial charge in [-0.2, -0.15) is 0 Å². The number of aryl methyl sites for hydroxylation is 1. The lowest BCUT2D eigenvalue weighted by atomic mass is 10.1. The number of halogens is 1. The zero-order chi connectivity index (χ0) is 28.7. The van der Waals surface area contributed by atoms with Crippen molar-refractivity contribution in [3.05, 3.63) is 64.9 Å². The Morgan fingerprint density at radius 3 is 2.59 bits per heavy atom. The third-order valence-electron chi connectivity index (χ3n) is 5.77. The van der Waals surface area contributed by atoms with E-state index >= 15 is 0 Å². The van der Waals surface area contributed by atoms with Crippen molar-refractivity contribution >= 4 is 34.6 Å². The molecule has 2 heterocycles. The molecule has 0 aliphatic carbocycles. The molecular formula is C26H32FN7O5. The van der Waals surface area contributed by atoms with Crippen molar-refractivity contribution in [2.24, 2.45) is 0 Å². The van der Waals surface area contributed by atoms with Crippen LogP contribution in [0.1, 0.15) is 25.6 Å². The first-order valence-electron chi connectivity index (χ1n) is 12.3. The number of hydrogen-bond donors (Lipinski definition) is 1. The summed E-state index contributed by atoms with van der Waals surface area (Å²) in [5.74, 6) is -0.839. The van der Waals surface area contributed by atoms with Gasteiger partial charge >= 0.3 is 6.09 Å². The van der Waals surface area contributed by atoms with Crippen LogP contribution in [-0.4, -0.2) is 81.1 Å². The van der Waals surface area contributed by atoms with E-state index in [1.165, 1.54) is 59.2 Å². The van der Waals surface area contributed by atoms with Crippen LogP contribution in [-0.2, 0) is 27.4 Å². The minimum absolute atomic E-state index is 0.0312. The standard InChI is InChI=1S/C26H32FN7O5/c1-6-34-20-12-11-17(27)13-18(20)29-22(34)15-33-16-28-14-19(25(33)37)30-24(36)21(39-26(38)32(4)5)9-7-8-10-23(35)31(2)3/h8,10-14,16,21H,6-7,9,15H2,1-5H3,(H,30,36)/b10-8+/t21-/m0/s1. The maximum Gasteiger partial charge on any atom is 0.410 e. The lowest BCUT2D eigenvalue weighted by molar-refractivity contribution is -0.125. The number of hydrogen-bond acceptors (Lipinski definition) is 7. The summed E-state index contributed by atoms with van der Waals surface area (Å²) in [6, 6.07) is 4.30. The Bertz CT molecular complexity index is 1440. The van der Waals surface area contributed by atoms with Crippen LogP contribution in [0.25, 0.3) is 11.0 Å². The monoisotopic (exact) mass is 541 g/mol. The van der Waals surface area contributed by atoms with E-state index in [-0.39, 0.29) is 31.0 Å². The van der Waals surface area contributed by atoms with E-state index in [2.05, 4.69) is 15.3 Å². The van der Waals surface area contributed by atoms with Crippen LogP contribution in [0.5, 0.6) is 0 Å². The molecule has 0 fully saturated rings. The first-order chi connectivity index (χ1) is 18.5. The number of nitrogens with one attached hydrogen (secondary N) is 1. The number of imidazole rings is 1. The summed E-state index contributed by atoms with van der Waals surface area (Å²) in [4.78, 5) is 61.2. The molecule has 0 saturated heterocycles. The van der Waals surface area contributed by atoms with E-state index in [0.29, 0.717) is 17.9 Å². The van der Waals surface area contributed by atoms with Crippen molar-refractivity contribution in [2.75, 3.05) is 33.5 Å². The largest absolute Gasteiger partial charge is 0.436 e. The highest BCUT2D eigenvalue weighted by atomic mass is 19.1. The molecule has 0 spiro atoms. The molecule has 12 nitrogen and oxygen atoms in total. The van der Waals surface area contributed by atoms with E-state index in [1.807, 2.05) is 11.5 Å². The fourth-order valence-electron chi connectivity index (χ4n) is 3.69. The summed E-state index contributed by atoms with van der Waals surface area (Å²) >= 11 is 0. The second-order valence-electron chi connectivity index (χ2n) is 9.11. The van der Waals surface area contributed by atoms with Gasteiger partial charge in [0.2, 0.25) is 5.91 Å². The van der Waals surface area contributed by atoms with Crippen LogP contribution in [0.2, 0.25) is 0 Å². The fourth-order valence-corrected chi connectivity index (χ4v) is 3.69. The number of carbonyl (C=O) groups excluding carboxylic acids is 3. The zero-order valence-corrected chi connectivity index (χ0v) is 22.5. The Morgan fingerprint density at radius 2 is 1.92 bits per heavy atom. The number of carbonyl (C=O) groups is 3. The predicted molar refractivity (Wildman–Crippen MR) is 143 cm³/mol. The van der Waals surface area contributed by atoms with Crippen LogP contribution in [0.15, 0.2) is 47.7 Å². The molecule has 3 aromatic rings.